The second-order valence-electron chi connectivity index (χ2n) is 5.44. The average Bonchev–Trinajstić information content (AvgIpc) is 3.02. The van der Waals surface area contributed by atoms with E-state index in [4.69, 9.17) is 14.2 Å². The molecule has 5 heteroatoms. The van der Waals surface area contributed by atoms with Crippen LogP contribution >= 0.6 is 11.3 Å². The molecule has 3 rings (SSSR count). The van der Waals surface area contributed by atoms with Gasteiger partial charge in [-0.2, -0.15) is 4.57 Å². The summed E-state index contributed by atoms with van der Waals surface area (Å²) in [6.45, 7) is 3.09. The topological polar surface area (TPSA) is 31.6 Å². The summed E-state index contributed by atoms with van der Waals surface area (Å²) >= 11 is 1.78. The number of aryl methyl sites for hydroxylation is 1. The molecule has 0 amide bonds. The molecule has 1 heterocycles. The molecule has 0 aliphatic heterocycles. The van der Waals surface area contributed by atoms with E-state index < -0.39 is 0 Å². The van der Waals surface area contributed by atoms with E-state index in [1.165, 1.54) is 15.2 Å². The van der Waals surface area contributed by atoms with Crippen molar-refractivity contribution in [3.05, 3.63) is 47.0 Å². The third-order valence-corrected chi connectivity index (χ3v) is 5.19. The highest BCUT2D eigenvalue weighted by Crippen LogP contribution is 2.38. The van der Waals surface area contributed by atoms with Crippen molar-refractivity contribution in [3.8, 4) is 17.2 Å². The molecular formula is C20H22NO3S+. The molecule has 4 nitrogen and oxygen atoms in total. The second-order valence-corrected chi connectivity index (χ2v) is 6.51. The Labute approximate surface area is 151 Å². The monoisotopic (exact) mass is 356 g/mol. The van der Waals surface area contributed by atoms with Crippen molar-refractivity contribution in [2.24, 2.45) is 0 Å². The van der Waals surface area contributed by atoms with Crippen LogP contribution in [0.4, 0.5) is 0 Å². The first-order valence-corrected chi connectivity index (χ1v) is 8.93. The van der Waals surface area contributed by atoms with Gasteiger partial charge in [0.05, 0.1) is 21.3 Å². The summed E-state index contributed by atoms with van der Waals surface area (Å²) in [6, 6.07) is 12.4. The Balaban J connectivity index is 2.02. The first-order valence-electron chi connectivity index (χ1n) is 8.11. The summed E-state index contributed by atoms with van der Waals surface area (Å²) in [7, 11) is 4.86. The zero-order chi connectivity index (χ0) is 17.8. The van der Waals surface area contributed by atoms with E-state index in [2.05, 4.69) is 47.9 Å². The van der Waals surface area contributed by atoms with Gasteiger partial charge in [0.1, 0.15) is 11.2 Å². The number of rotatable bonds is 6. The number of nitrogens with zero attached hydrogens (tertiary/aromatic N) is 1. The van der Waals surface area contributed by atoms with Crippen LogP contribution in [0.5, 0.6) is 17.2 Å². The van der Waals surface area contributed by atoms with Gasteiger partial charge in [0, 0.05) is 12.1 Å². The van der Waals surface area contributed by atoms with Crippen molar-refractivity contribution in [1.29, 1.82) is 0 Å². The van der Waals surface area contributed by atoms with Gasteiger partial charge < -0.3 is 14.2 Å². The van der Waals surface area contributed by atoms with Crippen LogP contribution in [-0.2, 0) is 6.54 Å². The molecule has 3 aromatic rings. The third-order valence-electron chi connectivity index (χ3n) is 4.06. The minimum Gasteiger partial charge on any atom is -0.493 e. The van der Waals surface area contributed by atoms with Crippen LogP contribution in [-0.4, -0.2) is 21.3 Å². The molecule has 0 N–H and O–H groups in total. The largest absolute Gasteiger partial charge is 0.493 e. The summed E-state index contributed by atoms with van der Waals surface area (Å²) in [6.07, 6.45) is 4.20. The maximum atomic E-state index is 5.42. The molecule has 0 spiro atoms. The zero-order valence-corrected chi connectivity index (χ0v) is 15.7. The lowest BCUT2D eigenvalue weighted by molar-refractivity contribution is -0.665. The van der Waals surface area contributed by atoms with Crippen molar-refractivity contribution in [3.63, 3.8) is 0 Å². The van der Waals surface area contributed by atoms with Gasteiger partial charge in [-0.1, -0.05) is 23.5 Å². The van der Waals surface area contributed by atoms with E-state index >= 15 is 0 Å². The van der Waals surface area contributed by atoms with Crippen molar-refractivity contribution < 1.29 is 18.8 Å². The minimum absolute atomic E-state index is 0.604. The van der Waals surface area contributed by atoms with Gasteiger partial charge in [0.15, 0.2) is 11.5 Å². The molecule has 0 aliphatic rings. The number of fused-ring (bicyclic) bond motifs is 1. The lowest BCUT2D eigenvalue weighted by Gasteiger charge is -2.12. The maximum absolute atomic E-state index is 5.42. The molecule has 0 radical (unpaired) electrons. The Bertz CT molecular complexity index is 889. The smallest absolute Gasteiger partial charge is 0.262 e. The van der Waals surface area contributed by atoms with Crippen LogP contribution in [0.25, 0.3) is 22.4 Å². The number of aromatic nitrogens is 1. The van der Waals surface area contributed by atoms with Gasteiger partial charge >= 0.3 is 0 Å². The highest BCUT2D eigenvalue weighted by molar-refractivity contribution is 7.18. The fraction of sp³-hybridized carbons (Fsp3) is 0.250. The van der Waals surface area contributed by atoms with Gasteiger partial charge in [0.25, 0.3) is 5.01 Å². The Morgan fingerprint density at radius 1 is 0.960 bits per heavy atom. The van der Waals surface area contributed by atoms with E-state index in [9.17, 15) is 0 Å². The lowest BCUT2D eigenvalue weighted by Crippen LogP contribution is -2.33. The van der Waals surface area contributed by atoms with Crippen LogP contribution < -0.4 is 18.8 Å². The Morgan fingerprint density at radius 2 is 1.64 bits per heavy atom. The molecule has 0 bridgehead atoms. The van der Waals surface area contributed by atoms with Gasteiger partial charge in [-0.05, 0) is 36.8 Å². The number of hydrogen-bond donors (Lipinski definition) is 0. The summed E-state index contributed by atoms with van der Waals surface area (Å²) in [5, 5.41) is 1.21. The van der Waals surface area contributed by atoms with Crippen molar-refractivity contribution in [1.82, 2.24) is 0 Å². The Hall–Kier alpha value is -2.53. The minimum atomic E-state index is 0.604. The molecule has 0 unspecified atom stereocenters. The number of thiazole rings is 1. The van der Waals surface area contributed by atoms with Gasteiger partial charge in [-0.25, -0.2) is 0 Å². The number of methoxy groups -OCH3 is 3. The fourth-order valence-corrected chi connectivity index (χ4v) is 4.00. The van der Waals surface area contributed by atoms with Crippen LogP contribution in [0, 0.1) is 0 Å². The van der Waals surface area contributed by atoms with E-state index in [0.717, 1.165) is 12.1 Å². The van der Waals surface area contributed by atoms with Crippen molar-refractivity contribution in [2.45, 2.75) is 13.5 Å². The zero-order valence-electron chi connectivity index (χ0n) is 14.9. The molecule has 0 saturated heterocycles. The predicted octanol–water partition coefficient (Wildman–Crippen LogP) is 4.40. The fourth-order valence-electron chi connectivity index (χ4n) is 2.87. The first kappa shape index (κ1) is 17.3. The Morgan fingerprint density at radius 3 is 2.24 bits per heavy atom. The predicted molar refractivity (Wildman–Crippen MR) is 103 cm³/mol. The number of benzene rings is 2. The molecule has 0 atom stereocenters. The van der Waals surface area contributed by atoms with E-state index in [0.29, 0.717) is 17.2 Å². The van der Waals surface area contributed by atoms with E-state index in [1.54, 1.807) is 32.7 Å². The first-order chi connectivity index (χ1) is 12.2. The van der Waals surface area contributed by atoms with Crippen LogP contribution in [0.15, 0.2) is 36.4 Å². The molecule has 0 aliphatic carbocycles. The summed E-state index contributed by atoms with van der Waals surface area (Å²) in [4.78, 5) is 0. The summed E-state index contributed by atoms with van der Waals surface area (Å²) in [5.41, 5.74) is 2.26. The normalized spacial score (nSPS) is 11.2. The molecule has 2 aromatic carbocycles. The number of hydrogen-bond acceptors (Lipinski definition) is 4. The molecule has 25 heavy (non-hydrogen) atoms. The highest BCUT2D eigenvalue weighted by atomic mass is 32.1. The number of ether oxygens (including phenoxy) is 3. The van der Waals surface area contributed by atoms with E-state index in [-0.39, 0.29) is 0 Å². The van der Waals surface area contributed by atoms with Crippen LogP contribution in [0.3, 0.4) is 0 Å². The summed E-state index contributed by atoms with van der Waals surface area (Å²) in [5.74, 6) is 1.91. The van der Waals surface area contributed by atoms with Gasteiger partial charge in [-0.3, -0.25) is 0 Å². The van der Waals surface area contributed by atoms with Crippen LogP contribution in [0.1, 0.15) is 17.5 Å². The lowest BCUT2D eigenvalue weighted by atomic mass is 10.1. The number of para-hydroxylation sites is 1. The second kappa shape index (κ2) is 7.57. The molecule has 1 aromatic heterocycles. The quantitative estimate of drug-likeness (QED) is 0.613. The Kier molecular flexibility index (Phi) is 5.24. The average molecular weight is 356 g/mol. The van der Waals surface area contributed by atoms with Crippen molar-refractivity contribution >= 4 is 33.7 Å². The third kappa shape index (κ3) is 3.33. The van der Waals surface area contributed by atoms with Gasteiger partial charge in [-0.15, -0.1) is 0 Å². The molecule has 0 fully saturated rings. The van der Waals surface area contributed by atoms with Gasteiger partial charge in [0.2, 0.25) is 11.3 Å². The van der Waals surface area contributed by atoms with Crippen molar-refractivity contribution in [2.75, 3.05) is 21.3 Å². The molecule has 0 saturated carbocycles. The van der Waals surface area contributed by atoms with Crippen LogP contribution in [0.2, 0.25) is 0 Å². The highest BCUT2D eigenvalue weighted by Gasteiger charge is 2.16. The molecular weight excluding hydrogens is 334 g/mol. The standard InChI is InChI=1S/C20H22NO3S/c1-5-21-15-8-6-7-9-18(15)25-19(21)11-10-14-12-16(22-2)20(24-4)17(13-14)23-3/h6-13H,5H2,1-4H3/q+1/b11-10+. The maximum Gasteiger partial charge on any atom is 0.262 e. The molecule has 130 valence electrons. The summed E-state index contributed by atoms with van der Waals surface area (Å²) < 4.78 is 19.8. The van der Waals surface area contributed by atoms with E-state index in [1.807, 2.05) is 12.1 Å². The SMILES string of the molecule is CC[n+]1c(/C=C/c2cc(OC)c(OC)c(OC)c2)sc2ccccc21.